The van der Waals surface area contributed by atoms with E-state index in [9.17, 15) is 4.79 Å². The number of fused-ring (bicyclic) bond motifs is 1. The zero-order valence-corrected chi connectivity index (χ0v) is 10.1. The Hall–Kier alpha value is -2.10. The Morgan fingerprint density at radius 1 is 1.29 bits per heavy atom. The number of nitrogens with zero attached hydrogens (tertiary/aromatic N) is 2. The van der Waals surface area contributed by atoms with Crippen LogP contribution >= 0.6 is 0 Å². The smallest absolute Gasteiger partial charge is 0.345 e. The highest BCUT2D eigenvalue weighted by atomic mass is 16.4. The van der Waals surface area contributed by atoms with Gasteiger partial charge in [0.05, 0.1) is 11.3 Å². The van der Waals surface area contributed by atoms with E-state index in [1.165, 1.54) is 0 Å². The Labute approximate surface area is 99.2 Å². The van der Waals surface area contributed by atoms with Gasteiger partial charge in [-0.05, 0) is 19.1 Å². The quantitative estimate of drug-likeness (QED) is 0.451. The van der Waals surface area contributed by atoms with Crippen LogP contribution in [0.15, 0.2) is 44.6 Å². The zero-order valence-electron chi connectivity index (χ0n) is 10.1. The average Bonchev–Trinajstić information content (AvgIpc) is 2.27. The molecule has 1 aromatic heterocycles. The maximum absolute atomic E-state index is 11.8. The third kappa shape index (κ3) is 2.36. The maximum Gasteiger partial charge on any atom is 0.345 e. The topological polar surface area (TPSA) is 45.8 Å². The van der Waals surface area contributed by atoms with Crippen molar-refractivity contribution in [1.29, 1.82) is 0 Å². The van der Waals surface area contributed by atoms with Gasteiger partial charge in [-0.15, -0.1) is 0 Å². The van der Waals surface area contributed by atoms with Crippen molar-refractivity contribution in [2.45, 2.75) is 6.92 Å². The van der Waals surface area contributed by atoms with Crippen molar-refractivity contribution in [2.24, 2.45) is 5.10 Å². The van der Waals surface area contributed by atoms with E-state index in [-0.39, 0.29) is 5.63 Å². The van der Waals surface area contributed by atoms with Crippen molar-refractivity contribution in [3.05, 3.63) is 46.3 Å². The first-order valence-electron chi connectivity index (χ1n) is 5.34. The first kappa shape index (κ1) is 11.4. The molecule has 0 bridgehead atoms. The van der Waals surface area contributed by atoms with Crippen LogP contribution in [-0.2, 0) is 0 Å². The summed E-state index contributed by atoms with van der Waals surface area (Å²) in [6.07, 6.45) is 0. The zero-order chi connectivity index (χ0) is 12.4. The molecule has 4 heteroatoms. The summed E-state index contributed by atoms with van der Waals surface area (Å²) in [5.41, 5.74) is 1.39. The number of hydrazone groups is 1. The van der Waals surface area contributed by atoms with Crippen LogP contribution in [-0.4, -0.2) is 24.8 Å². The molecular formula is C13H14N2O2. The molecule has 17 heavy (non-hydrogen) atoms. The van der Waals surface area contributed by atoms with E-state index in [1.807, 2.05) is 38.4 Å². The van der Waals surface area contributed by atoms with Gasteiger partial charge in [0.2, 0.25) is 0 Å². The van der Waals surface area contributed by atoms with Crippen LogP contribution in [0.5, 0.6) is 0 Å². The van der Waals surface area contributed by atoms with Crippen molar-refractivity contribution in [1.82, 2.24) is 5.01 Å². The van der Waals surface area contributed by atoms with E-state index >= 15 is 0 Å². The van der Waals surface area contributed by atoms with Crippen LogP contribution in [0.1, 0.15) is 12.5 Å². The first-order valence-corrected chi connectivity index (χ1v) is 5.34. The number of hydrogen-bond acceptors (Lipinski definition) is 4. The lowest BCUT2D eigenvalue weighted by Crippen LogP contribution is -2.15. The second-order valence-corrected chi connectivity index (χ2v) is 4.02. The van der Waals surface area contributed by atoms with E-state index in [0.29, 0.717) is 16.9 Å². The van der Waals surface area contributed by atoms with E-state index in [1.54, 1.807) is 18.0 Å². The van der Waals surface area contributed by atoms with Crippen molar-refractivity contribution in [3.63, 3.8) is 0 Å². The third-order valence-electron chi connectivity index (χ3n) is 2.38. The van der Waals surface area contributed by atoms with Crippen LogP contribution in [0.25, 0.3) is 11.0 Å². The van der Waals surface area contributed by atoms with E-state index in [2.05, 4.69) is 5.10 Å². The van der Waals surface area contributed by atoms with Crippen LogP contribution in [0.4, 0.5) is 0 Å². The SMILES string of the molecule is C/C(=N/N(C)C)c1cc2ccccc2oc1=O. The van der Waals surface area contributed by atoms with Gasteiger partial charge in [0.25, 0.3) is 0 Å². The summed E-state index contributed by atoms with van der Waals surface area (Å²) in [5.74, 6) is 0. The van der Waals surface area contributed by atoms with Gasteiger partial charge < -0.3 is 9.43 Å². The Kier molecular flexibility index (Phi) is 2.95. The van der Waals surface area contributed by atoms with Gasteiger partial charge in [-0.3, -0.25) is 0 Å². The normalized spacial score (nSPS) is 11.8. The Morgan fingerprint density at radius 2 is 2.00 bits per heavy atom. The minimum absolute atomic E-state index is 0.355. The fourth-order valence-electron chi connectivity index (χ4n) is 1.67. The molecule has 88 valence electrons. The lowest BCUT2D eigenvalue weighted by atomic mass is 10.1. The van der Waals surface area contributed by atoms with Gasteiger partial charge in [0.1, 0.15) is 5.58 Å². The summed E-state index contributed by atoms with van der Waals surface area (Å²) >= 11 is 0. The molecule has 0 saturated carbocycles. The summed E-state index contributed by atoms with van der Waals surface area (Å²) in [7, 11) is 3.62. The van der Waals surface area contributed by atoms with Crippen LogP contribution < -0.4 is 5.63 Å². The number of hydrogen-bond donors (Lipinski definition) is 0. The maximum atomic E-state index is 11.8. The molecule has 1 heterocycles. The molecule has 0 N–H and O–H groups in total. The molecule has 2 aromatic rings. The molecule has 0 aliphatic heterocycles. The predicted molar refractivity (Wildman–Crippen MR) is 68.4 cm³/mol. The Bertz CT molecular complexity index is 627. The summed E-state index contributed by atoms with van der Waals surface area (Å²) in [5, 5.41) is 6.76. The second kappa shape index (κ2) is 4.41. The lowest BCUT2D eigenvalue weighted by molar-refractivity contribution is 0.437. The molecular weight excluding hydrogens is 216 g/mol. The highest BCUT2D eigenvalue weighted by Crippen LogP contribution is 2.13. The summed E-state index contributed by atoms with van der Waals surface area (Å²) in [4.78, 5) is 11.8. The number of benzene rings is 1. The van der Waals surface area contributed by atoms with Crippen molar-refractivity contribution >= 4 is 16.7 Å². The van der Waals surface area contributed by atoms with Crippen molar-refractivity contribution < 1.29 is 4.42 Å². The molecule has 0 radical (unpaired) electrons. The molecule has 0 aliphatic rings. The van der Waals surface area contributed by atoms with E-state index < -0.39 is 0 Å². The Morgan fingerprint density at radius 3 is 2.71 bits per heavy atom. The molecule has 0 saturated heterocycles. The van der Waals surface area contributed by atoms with Crippen molar-refractivity contribution in [3.8, 4) is 0 Å². The molecule has 0 unspecified atom stereocenters. The van der Waals surface area contributed by atoms with Gasteiger partial charge in [0, 0.05) is 19.5 Å². The van der Waals surface area contributed by atoms with Gasteiger partial charge in [0.15, 0.2) is 0 Å². The van der Waals surface area contributed by atoms with Gasteiger partial charge in [-0.25, -0.2) is 4.79 Å². The summed E-state index contributed by atoms with van der Waals surface area (Å²) in [6, 6.07) is 9.24. The average molecular weight is 230 g/mol. The van der Waals surface area contributed by atoms with E-state index in [0.717, 1.165) is 5.39 Å². The molecule has 0 spiro atoms. The van der Waals surface area contributed by atoms with Gasteiger partial charge >= 0.3 is 5.63 Å². The van der Waals surface area contributed by atoms with E-state index in [4.69, 9.17) is 4.42 Å². The highest BCUT2D eigenvalue weighted by Gasteiger charge is 2.08. The number of rotatable bonds is 2. The van der Waals surface area contributed by atoms with Crippen molar-refractivity contribution in [2.75, 3.05) is 14.1 Å². The minimum atomic E-state index is -0.355. The molecule has 4 nitrogen and oxygen atoms in total. The first-order chi connectivity index (χ1) is 8.08. The fraction of sp³-hybridized carbons (Fsp3) is 0.231. The van der Waals surface area contributed by atoms with Crippen LogP contribution in [0, 0.1) is 0 Å². The fourth-order valence-corrected chi connectivity index (χ4v) is 1.67. The third-order valence-corrected chi connectivity index (χ3v) is 2.38. The summed E-state index contributed by atoms with van der Waals surface area (Å²) in [6.45, 7) is 1.79. The highest BCUT2D eigenvalue weighted by molar-refractivity contribution is 6.00. The standard InChI is InChI=1S/C13H14N2O2/c1-9(14-15(2)3)11-8-10-6-4-5-7-12(10)17-13(11)16/h4-8H,1-3H3/b14-9-. The molecule has 0 aliphatic carbocycles. The van der Waals surface area contributed by atoms with Gasteiger partial charge in [-0.2, -0.15) is 5.10 Å². The van der Waals surface area contributed by atoms with Gasteiger partial charge in [-0.1, -0.05) is 18.2 Å². The molecule has 0 fully saturated rings. The molecule has 2 rings (SSSR count). The monoisotopic (exact) mass is 230 g/mol. The largest absolute Gasteiger partial charge is 0.422 e. The molecule has 0 amide bonds. The second-order valence-electron chi connectivity index (χ2n) is 4.02. The Balaban J connectivity index is 2.63. The van der Waals surface area contributed by atoms with Crippen LogP contribution in [0.2, 0.25) is 0 Å². The lowest BCUT2D eigenvalue weighted by Gasteiger charge is -2.07. The minimum Gasteiger partial charge on any atom is -0.422 e. The predicted octanol–water partition coefficient (Wildman–Crippen LogP) is 2.08. The van der Waals surface area contributed by atoms with Crippen LogP contribution in [0.3, 0.4) is 0 Å². The summed E-state index contributed by atoms with van der Waals surface area (Å²) < 4.78 is 5.24. The molecule has 0 atom stereocenters. The molecule has 1 aromatic carbocycles. The number of para-hydroxylation sites is 1.